The molecule has 27 heavy (non-hydrogen) atoms. The van der Waals surface area contributed by atoms with E-state index in [1.165, 1.54) is 18.4 Å². The first kappa shape index (κ1) is 19.1. The van der Waals surface area contributed by atoms with E-state index in [1.54, 1.807) is 6.08 Å². The number of hydrogen-bond donors (Lipinski definition) is 0. The third-order valence-electron chi connectivity index (χ3n) is 8.33. The van der Waals surface area contributed by atoms with Crippen LogP contribution in [0.25, 0.3) is 0 Å². The van der Waals surface area contributed by atoms with E-state index in [1.807, 2.05) is 6.08 Å². The topological polar surface area (TPSA) is 43.4 Å². The first-order chi connectivity index (χ1) is 12.9. The summed E-state index contributed by atoms with van der Waals surface area (Å²) in [5, 5.41) is 0. The van der Waals surface area contributed by atoms with E-state index >= 15 is 0 Å². The molecule has 0 heterocycles. The average molecular weight is 371 g/mol. The molecule has 3 saturated carbocycles. The maximum Gasteiger partial charge on any atom is 0.178 e. The molecule has 3 nitrogen and oxygen atoms in total. The molecule has 0 spiro atoms. The Morgan fingerprint density at radius 1 is 1.15 bits per heavy atom. The number of hydrogen-bond acceptors (Lipinski definition) is 3. The number of carbonyl (C=O) groups is 2. The third kappa shape index (κ3) is 2.97. The van der Waals surface area contributed by atoms with E-state index in [0.717, 1.165) is 45.1 Å². The Morgan fingerprint density at radius 2 is 1.96 bits per heavy atom. The van der Waals surface area contributed by atoms with Gasteiger partial charge in [-0.3, -0.25) is 9.59 Å². The van der Waals surface area contributed by atoms with E-state index in [2.05, 4.69) is 26.8 Å². The number of carbonyl (C=O) groups excluding carboxylic acids is 2. The van der Waals surface area contributed by atoms with E-state index in [0.29, 0.717) is 23.5 Å². The van der Waals surface area contributed by atoms with E-state index in [-0.39, 0.29) is 22.7 Å². The predicted molar refractivity (Wildman–Crippen MR) is 106 cm³/mol. The van der Waals surface area contributed by atoms with Gasteiger partial charge in [0.05, 0.1) is 6.10 Å². The van der Waals surface area contributed by atoms with Gasteiger partial charge in [0.15, 0.2) is 5.78 Å². The number of Topliss-reactive ketones (excluding diaryl/α,β-unsaturated/α-hetero) is 1. The second kappa shape index (κ2) is 6.99. The molecule has 148 valence electrons. The summed E-state index contributed by atoms with van der Waals surface area (Å²) in [6.07, 6.45) is 14.1. The molecule has 0 aliphatic heterocycles. The minimum Gasteiger partial charge on any atom is -0.374 e. The molecule has 0 aromatic carbocycles. The van der Waals surface area contributed by atoms with E-state index in [9.17, 15) is 9.59 Å². The Morgan fingerprint density at radius 3 is 2.74 bits per heavy atom. The molecule has 3 heteroatoms. The lowest BCUT2D eigenvalue weighted by Crippen LogP contribution is -2.53. The van der Waals surface area contributed by atoms with E-state index < -0.39 is 0 Å². The van der Waals surface area contributed by atoms with Crippen molar-refractivity contribution in [3.05, 3.63) is 23.8 Å². The highest BCUT2D eigenvalue weighted by Crippen LogP contribution is 2.63. The maximum atomic E-state index is 12.6. The van der Waals surface area contributed by atoms with Crippen LogP contribution in [0, 0.1) is 28.6 Å². The van der Waals surface area contributed by atoms with Gasteiger partial charge in [0.1, 0.15) is 5.78 Å². The summed E-state index contributed by atoms with van der Waals surface area (Å²) in [6.45, 7) is 7.49. The first-order valence-corrected chi connectivity index (χ1v) is 11.0. The van der Waals surface area contributed by atoms with Crippen LogP contribution < -0.4 is 0 Å². The summed E-state index contributed by atoms with van der Waals surface area (Å²) in [6, 6.07) is 0. The van der Waals surface area contributed by atoms with Gasteiger partial charge >= 0.3 is 0 Å². The maximum absolute atomic E-state index is 12.6. The molecule has 4 rings (SSSR count). The Kier molecular flexibility index (Phi) is 4.95. The first-order valence-electron chi connectivity index (χ1n) is 11.0. The summed E-state index contributed by atoms with van der Waals surface area (Å²) in [5.41, 5.74) is 0.972. The Balaban J connectivity index is 1.64. The quantitative estimate of drug-likeness (QED) is 0.636. The van der Waals surface area contributed by atoms with Crippen molar-refractivity contribution >= 4 is 11.6 Å². The molecule has 0 aromatic heterocycles. The zero-order valence-electron chi connectivity index (χ0n) is 17.1. The molecule has 0 amide bonds. The zero-order chi connectivity index (χ0) is 19.2. The number of unbranched alkanes of at least 4 members (excludes halogenated alkanes) is 2. The van der Waals surface area contributed by atoms with Crippen molar-refractivity contribution in [1.29, 1.82) is 0 Å². The largest absolute Gasteiger partial charge is 0.374 e. The molecule has 0 N–H and O–H groups in total. The Bertz CT molecular complexity index is 690. The van der Waals surface area contributed by atoms with Crippen LogP contribution in [0.5, 0.6) is 0 Å². The van der Waals surface area contributed by atoms with Gasteiger partial charge in [-0.2, -0.15) is 0 Å². The van der Waals surface area contributed by atoms with Crippen molar-refractivity contribution in [3.63, 3.8) is 0 Å². The predicted octanol–water partition coefficient (Wildman–Crippen LogP) is 5.05. The van der Waals surface area contributed by atoms with Gasteiger partial charge in [0.2, 0.25) is 0 Å². The Hall–Kier alpha value is -1.22. The van der Waals surface area contributed by atoms with Crippen LogP contribution in [-0.2, 0) is 14.3 Å². The van der Waals surface area contributed by atoms with Crippen molar-refractivity contribution in [2.24, 2.45) is 28.6 Å². The molecule has 6 atom stereocenters. The highest BCUT2D eigenvalue weighted by atomic mass is 16.5. The molecule has 0 saturated heterocycles. The summed E-state index contributed by atoms with van der Waals surface area (Å²) >= 11 is 0. The highest BCUT2D eigenvalue weighted by molar-refractivity contribution is 6.01. The van der Waals surface area contributed by atoms with Crippen molar-refractivity contribution in [1.82, 2.24) is 0 Å². The number of ether oxygens (including phenoxy) is 1. The minimum atomic E-state index is -0.125. The minimum absolute atomic E-state index is 0.0278. The lowest BCUT2D eigenvalue weighted by atomic mass is 9.48. The van der Waals surface area contributed by atoms with Gasteiger partial charge in [-0.1, -0.05) is 39.7 Å². The third-order valence-corrected chi connectivity index (χ3v) is 8.33. The SMILES string of the molecule is CCCCCO[C@@H]1C[C@@H]2[C@H](CC[C@]3(C)C(=O)CC[C@@H]23)[C@@]2(C)C=CC(=O)C=C12. The van der Waals surface area contributed by atoms with Crippen molar-refractivity contribution in [2.75, 3.05) is 6.61 Å². The van der Waals surface area contributed by atoms with Crippen LogP contribution in [-0.4, -0.2) is 24.3 Å². The molecule has 4 aliphatic carbocycles. The number of rotatable bonds is 5. The molecule has 0 bridgehead atoms. The zero-order valence-corrected chi connectivity index (χ0v) is 17.1. The average Bonchev–Trinajstić information content (AvgIpc) is 2.95. The fraction of sp³-hybridized carbons (Fsp3) is 0.750. The molecule has 3 fully saturated rings. The molecule has 0 radical (unpaired) electrons. The van der Waals surface area contributed by atoms with Gasteiger partial charge in [0, 0.05) is 23.9 Å². The summed E-state index contributed by atoms with van der Waals surface area (Å²) in [5.74, 6) is 2.10. The standard InChI is InChI=1S/C24H34O3/c1-4-5-6-13-27-21-15-17-18-7-8-22(26)24(18,3)12-10-19(17)23(2)11-9-16(25)14-20(21)23/h9,11,14,17-19,21H,4-8,10,12-13,15H2,1-3H3/t17-,18-,19-,21+,23+,24-/m0/s1. The smallest absolute Gasteiger partial charge is 0.178 e. The number of allylic oxidation sites excluding steroid dienone is 3. The number of fused-ring (bicyclic) bond motifs is 5. The summed E-state index contributed by atoms with van der Waals surface area (Å²) in [7, 11) is 0. The monoisotopic (exact) mass is 370 g/mol. The van der Waals surface area contributed by atoms with Crippen LogP contribution in [0.4, 0.5) is 0 Å². The van der Waals surface area contributed by atoms with Crippen LogP contribution in [0.3, 0.4) is 0 Å². The van der Waals surface area contributed by atoms with Crippen LogP contribution in [0.1, 0.15) is 72.1 Å². The van der Waals surface area contributed by atoms with E-state index in [4.69, 9.17) is 4.74 Å². The van der Waals surface area contributed by atoms with Crippen LogP contribution >= 0.6 is 0 Å². The van der Waals surface area contributed by atoms with Crippen molar-refractivity contribution < 1.29 is 14.3 Å². The highest BCUT2D eigenvalue weighted by Gasteiger charge is 2.60. The fourth-order valence-corrected chi connectivity index (χ4v) is 6.73. The summed E-state index contributed by atoms with van der Waals surface area (Å²) < 4.78 is 6.39. The van der Waals surface area contributed by atoms with Gasteiger partial charge in [0.25, 0.3) is 0 Å². The molecular weight excluding hydrogens is 336 g/mol. The molecule has 0 unspecified atom stereocenters. The van der Waals surface area contributed by atoms with Gasteiger partial charge in [-0.05, 0) is 67.6 Å². The van der Waals surface area contributed by atoms with Gasteiger partial charge < -0.3 is 4.74 Å². The van der Waals surface area contributed by atoms with Gasteiger partial charge in [-0.25, -0.2) is 0 Å². The Labute approximate surface area is 163 Å². The van der Waals surface area contributed by atoms with Crippen LogP contribution in [0.2, 0.25) is 0 Å². The summed E-state index contributed by atoms with van der Waals surface area (Å²) in [4.78, 5) is 24.8. The number of ketones is 2. The van der Waals surface area contributed by atoms with Crippen molar-refractivity contribution in [3.8, 4) is 0 Å². The fourth-order valence-electron chi connectivity index (χ4n) is 6.73. The lowest BCUT2D eigenvalue weighted by Gasteiger charge is -2.57. The lowest BCUT2D eigenvalue weighted by molar-refractivity contribution is -0.133. The molecule has 4 aliphatic rings. The molecule has 0 aromatic rings. The molecular formula is C24H34O3. The van der Waals surface area contributed by atoms with Gasteiger partial charge in [-0.15, -0.1) is 0 Å². The second-order valence-corrected chi connectivity index (χ2v) is 9.72. The normalized spacial score (nSPS) is 43.1. The van der Waals surface area contributed by atoms with Crippen molar-refractivity contribution in [2.45, 2.75) is 78.2 Å². The second-order valence-electron chi connectivity index (χ2n) is 9.72. The van der Waals surface area contributed by atoms with Crippen LogP contribution in [0.15, 0.2) is 23.8 Å².